The summed E-state index contributed by atoms with van der Waals surface area (Å²) < 4.78 is 16.0. The van der Waals surface area contributed by atoms with E-state index in [2.05, 4.69) is 5.32 Å². The number of carbonyl (C=O) groups is 5. The van der Waals surface area contributed by atoms with Gasteiger partial charge in [-0.25, -0.2) is 29.0 Å². The van der Waals surface area contributed by atoms with Crippen LogP contribution in [0.15, 0.2) is 60.7 Å². The van der Waals surface area contributed by atoms with Gasteiger partial charge in [-0.05, 0) is 37.8 Å². The summed E-state index contributed by atoms with van der Waals surface area (Å²) in [6.45, 7) is 7.64. The van der Waals surface area contributed by atoms with Crippen molar-refractivity contribution >= 4 is 30.1 Å². The van der Waals surface area contributed by atoms with Crippen LogP contribution in [0.4, 0.5) is 14.4 Å². The number of nitrogens with zero attached hydrogens (tertiary/aromatic N) is 2. The van der Waals surface area contributed by atoms with Gasteiger partial charge in [0.05, 0.1) is 6.54 Å². The summed E-state index contributed by atoms with van der Waals surface area (Å²) in [7, 11) is 0. The van der Waals surface area contributed by atoms with Gasteiger partial charge in [-0.2, -0.15) is 0 Å². The van der Waals surface area contributed by atoms with Gasteiger partial charge in [0, 0.05) is 0 Å². The molecule has 3 rings (SSSR count). The third kappa shape index (κ3) is 8.05. The molecule has 11 nitrogen and oxygen atoms in total. The Morgan fingerprint density at radius 1 is 0.900 bits per heavy atom. The normalized spacial score (nSPS) is 15.9. The Labute approximate surface area is 233 Å². The molecule has 0 radical (unpaired) electrons. The number of ether oxygens (including phenoxy) is 3. The van der Waals surface area contributed by atoms with E-state index in [-0.39, 0.29) is 13.2 Å². The standard InChI is InChI=1S/C29H35N3O8/c1-19(2)23(30-26(35)40-29(3,4)5)24(33)32-22(25(34)38-17-20-12-8-6-9-13-20)16-31(27(32)36)28(37)39-18-21-14-10-7-11-15-21/h6-15,19,22-23H,16-18H2,1-5H3,(H,30,35). The molecule has 1 saturated heterocycles. The molecule has 2 aromatic rings. The number of urea groups is 1. The molecule has 0 aromatic heterocycles. The molecule has 2 aromatic carbocycles. The molecule has 5 amide bonds. The first-order valence-corrected chi connectivity index (χ1v) is 12.9. The first-order chi connectivity index (χ1) is 18.9. The predicted octanol–water partition coefficient (Wildman–Crippen LogP) is 4.25. The molecule has 0 spiro atoms. The SMILES string of the molecule is CC(C)C(NC(=O)OC(C)(C)C)C(=O)N1C(=O)N(C(=O)OCc2ccccc2)CC1C(=O)OCc1ccccc1. The molecule has 1 N–H and O–H groups in total. The largest absolute Gasteiger partial charge is 0.459 e. The van der Waals surface area contributed by atoms with E-state index in [1.54, 1.807) is 89.2 Å². The Balaban J connectivity index is 1.82. The Morgan fingerprint density at radius 3 is 1.93 bits per heavy atom. The van der Waals surface area contributed by atoms with Crippen LogP contribution in [0.3, 0.4) is 0 Å². The van der Waals surface area contributed by atoms with Gasteiger partial charge in [0.1, 0.15) is 24.9 Å². The lowest BCUT2D eigenvalue weighted by Crippen LogP contribution is -2.56. The minimum Gasteiger partial charge on any atom is -0.459 e. The topological polar surface area (TPSA) is 132 Å². The summed E-state index contributed by atoms with van der Waals surface area (Å²) in [5, 5.41) is 2.49. The van der Waals surface area contributed by atoms with Crippen LogP contribution < -0.4 is 5.32 Å². The molecule has 214 valence electrons. The lowest BCUT2D eigenvalue weighted by molar-refractivity contribution is -0.153. The van der Waals surface area contributed by atoms with Crippen molar-refractivity contribution in [1.29, 1.82) is 0 Å². The van der Waals surface area contributed by atoms with Crippen molar-refractivity contribution in [3.8, 4) is 0 Å². The monoisotopic (exact) mass is 553 g/mol. The van der Waals surface area contributed by atoms with E-state index in [1.807, 2.05) is 6.07 Å². The van der Waals surface area contributed by atoms with Gasteiger partial charge in [0.2, 0.25) is 0 Å². The first-order valence-electron chi connectivity index (χ1n) is 12.9. The molecule has 1 aliphatic rings. The summed E-state index contributed by atoms with van der Waals surface area (Å²) in [5.41, 5.74) is 0.556. The zero-order chi connectivity index (χ0) is 29.4. The molecule has 0 bridgehead atoms. The lowest BCUT2D eigenvalue weighted by atomic mass is 10.0. The number of hydrogen-bond donors (Lipinski definition) is 1. The molecule has 2 atom stereocenters. The van der Waals surface area contributed by atoms with E-state index in [9.17, 15) is 24.0 Å². The summed E-state index contributed by atoms with van der Waals surface area (Å²) in [5.74, 6) is -2.26. The molecule has 0 saturated carbocycles. The van der Waals surface area contributed by atoms with E-state index in [0.717, 1.165) is 0 Å². The Kier molecular flexibility index (Phi) is 9.87. The maximum absolute atomic E-state index is 13.7. The highest BCUT2D eigenvalue weighted by Crippen LogP contribution is 2.23. The highest BCUT2D eigenvalue weighted by atomic mass is 16.6. The van der Waals surface area contributed by atoms with Crippen molar-refractivity contribution in [2.24, 2.45) is 5.92 Å². The third-order valence-electron chi connectivity index (χ3n) is 5.87. The summed E-state index contributed by atoms with van der Waals surface area (Å²) in [4.78, 5) is 67.0. The maximum atomic E-state index is 13.7. The molecule has 1 fully saturated rings. The van der Waals surface area contributed by atoms with Crippen molar-refractivity contribution in [1.82, 2.24) is 15.1 Å². The number of esters is 1. The second-order valence-corrected chi connectivity index (χ2v) is 10.6. The van der Waals surface area contributed by atoms with Crippen molar-refractivity contribution in [2.45, 2.75) is 65.5 Å². The highest BCUT2D eigenvalue weighted by Gasteiger charge is 2.51. The Hall–Kier alpha value is -4.41. The lowest BCUT2D eigenvalue weighted by Gasteiger charge is -2.29. The van der Waals surface area contributed by atoms with E-state index in [0.29, 0.717) is 20.9 Å². The third-order valence-corrected chi connectivity index (χ3v) is 5.87. The van der Waals surface area contributed by atoms with Crippen LogP contribution in [0, 0.1) is 5.92 Å². The van der Waals surface area contributed by atoms with Crippen molar-refractivity contribution in [2.75, 3.05) is 6.54 Å². The minimum atomic E-state index is -1.45. The molecular formula is C29H35N3O8. The predicted molar refractivity (Wildman–Crippen MR) is 144 cm³/mol. The fourth-order valence-corrected chi connectivity index (χ4v) is 3.90. The number of benzene rings is 2. The number of alkyl carbamates (subject to hydrolysis) is 1. The molecule has 1 aliphatic heterocycles. The van der Waals surface area contributed by atoms with Gasteiger partial charge in [-0.15, -0.1) is 0 Å². The van der Waals surface area contributed by atoms with E-state index >= 15 is 0 Å². The zero-order valence-corrected chi connectivity index (χ0v) is 23.3. The van der Waals surface area contributed by atoms with Gasteiger partial charge in [-0.1, -0.05) is 74.5 Å². The molecule has 11 heteroatoms. The quantitative estimate of drug-likeness (QED) is 0.379. The molecule has 40 heavy (non-hydrogen) atoms. The number of rotatable bonds is 8. The molecule has 1 heterocycles. The second kappa shape index (κ2) is 13.1. The van der Waals surface area contributed by atoms with Crippen molar-refractivity contribution < 1.29 is 38.2 Å². The summed E-state index contributed by atoms with van der Waals surface area (Å²) in [6.07, 6.45) is -1.89. The second-order valence-electron chi connectivity index (χ2n) is 10.6. The van der Waals surface area contributed by atoms with Crippen LogP contribution in [0.5, 0.6) is 0 Å². The van der Waals surface area contributed by atoms with Gasteiger partial charge in [-0.3, -0.25) is 4.79 Å². The number of imide groups is 2. The average molecular weight is 554 g/mol. The minimum absolute atomic E-state index is 0.103. The van der Waals surface area contributed by atoms with Gasteiger partial charge >= 0.3 is 24.2 Å². The number of hydrogen-bond acceptors (Lipinski definition) is 8. The van der Waals surface area contributed by atoms with Crippen LogP contribution in [0.1, 0.15) is 45.7 Å². The van der Waals surface area contributed by atoms with E-state index < -0.39 is 60.2 Å². The average Bonchev–Trinajstić information content (AvgIpc) is 3.25. The molecule has 0 aliphatic carbocycles. The number of carbonyl (C=O) groups excluding carboxylic acids is 5. The van der Waals surface area contributed by atoms with Gasteiger partial charge < -0.3 is 19.5 Å². The Bertz CT molecular complexity index is 1210. The van der Waals surface area contributed by atoms with Crippen molar-refractivity contribution in [3.05, 3.63) is 71.8 Å². The van der Waals surface area contributed by atoms with Gasteiger partial charge in [0.25, 0.3) is 5.91 Å². The van der Waals surface area contributed by atoms with Gasteiger partial charge in [0.15, 0.2) is 6.04 Å². The van der Waals surface area contributed by atoms with Crippen LogP contribution in [0.2, 0.25) is 0 Å². The Morgan fingerprint density at radius 2 is 1.43 bits per heavy atom. The van der Waals surface area contributed by atoms with Crippen LogP contribution >= 0.6 is 0 Å². The molecular weight excluding hydrogens is 518 g/mol. The zero-order valence-electron chi connectivity index (χ0n) is 23.3. The number of amides is 5. The van der Waals surface area contributed by atoms with Crippen LogP contribution in [-0.2, 0) is 37.0 Å². The van der Waals surface area contributed by atoms with E-state index in [1.165, 1.54) is 0 Å². The highest BCUT2D eigenvalue weighted by molar-refractivity contribution is 6.08. The fourth-order valence-electron chi connectivity index (χ4n) is 3.90. The van der Waals surface area contributed by atoms with E-state index in [4.69, 9.17) is 14.2 Å². The maximum Gasteiger partial charge on any atom is 0.418 e. The number of nitrogens with one attached hydrogen (secondary N) is 1. The first kappa shape index (κ1) is 30.1. The fraction of sp³-hybridized carbons (Fsp3) is 0.414. The van der Waals surface area contributed by atoms with Crippen LogP contribution in [-0.4, -0.2) is 64.1 Å². The summed E-state index contributed by atoms with van der Waals surface area (Å²) >= 11 is 0. The molecule has 2 unspecified atom stereocenters. The van der Waals surface area contributed by atoms with Crippen molar-refractivity contribution in [3.63, 3.8) is 0 Å². The summed E-state index contributed by atoms with van der Waals surface area (Å²) in [6, 6.07) is 14.0. The van der Waals surface area contributed by atoms with Crippen LogP contribution in [0.25, 0.3) is 0 Å². The smallest absolute Gasteiger partial charge is 0.418 e.